The number of hydrogen-bond donors (Lipinski definition) is 1. The number of carbonyl (C=O) groups excluding carboxylic acids is 1. The van der Waals surface area contributed by atoms with E-state index in [1.165, 1.54) is 0 Å². The summed E-state index contributed by atoms with van der Waals surface area (Å²) in [6.07, 6.45) is 0.186. The zero-order valence-corrected chi connectivity index (χ0v) is 11.8. The fraction of sp³-hybridized carbons (Fsp3) is 0.909. The highest BCUT2D eigenvalue weighted by Crippen LogP contribution is 2.07. The minimum absolute atomic E-state index is 0.0515. The average Bonchev–Trinajstić information content (AvgIpc) is 2.15. The van der Waals surface area contributed by atoms with Crippen LogP contribution < -0.4 is 0 Å². The number of aliphatic hydroxyl groups is 1. The maximum Gasteiger partial charge on any atom is 0.337 e. The summed E-state index contributed by atoms with van der Waals surface area (Å²) >= 11 is 0. The van der Waals surface area contributed by atoms with Gasteiger partial charge in [-0.2, -0.15) is 0 Å². The van der Waals surface area contributed by atoms with Crippen LogP contribution in [-0.4, -0.2) is 38.7 Å². The highest BCUT2D eigenvalue weighted by Gasteiger charge is 2.15. The van der Waals surface area contributed by atoms with Crippen LogP contribution in [0.15, 0.2) is 0 Å². The first-order valence-corrected chi connectivity index (χ1v) is 9.50. The van der Waals surface area contributed by atoms with Crippen LogP contribution in [0.3, 0.4) is 0 Å². The molecular weight excluding hydrogens is 224 g/mol. The van der Waals surface area contributed by atoms with Crippen LogP contribution in [0.2, 0.25) is 25.7 Å². The molecule has 0 heterocycles. The van der Waals surface area contributed by atoms with Gasteiger partial charge in [0.1, 0.15) is 0 Å². The topological polar surface area (TPSA) is 55.8 Å². The largest absolute Gasteiger partial charge is 0.437 e. The molecule has 0 unspecified atom stereocenters. The molecule has 0 fully saturated rings. The van der Waals surface area contributed by atoms with Gasteiger partial charge in [-0.25, -0.2) is 4.79 Å². The normalized spacial score (nSPS) is 13.6. The fourth-order valence-corrected chi connectivity index (χ4v) is 1.78. The predicted octanol–water partition coefficient (Wildman–Crippen LogP) is 2.00. The van der Waals surface area contributed by atoms with E-state index in [0.717, 1.165) is 12.5 Å². The molecule has 0 aromatic carbocycles. The number of esters is 1. The maximum absolute atomic E-state index is 11.1. The predicted molar refractivity (Wildman–Crippen MR) is 66.0 cm³/mol. The lowest BCUT2D eigenvalue weighted by atomic mass is 10.2. The minimum atomic E-state index is -1.08. The third-order valence-corrected chi connectivity index (χ3v) is 3.82. The fourth-order valence-electron chi connectivity index (χ4n) is 1.02. The van der Waals surface area contributed by atoms with Gasteiger partial charge in [-0.1, -0.05) is 33.0 Å². The molecule has 0 saturated heterocycles. The first-order chi connectivity index (χ1) is 7.37. The number of ether oxygens (including phenoxy) is 2. The first-order valence-electron chi connectivity index (χ1n) is 5.79. The van der Waals surface area contributed by atoms with E-state index in [4.69, 9.17) is 9.47 Å². The Kier molecular flexibility index (Phi) is 7.62. The summed E-state index contributed by atoms with van der Waals surface area (Å²) in [6, 6.07) is 1.04. The minimum Gasteiger partial charge on any atom is -0.437 e. The number of aliphatic hydroxyl groups excluding tert-OH is 1. The van der Waals surface area contributed by atoms with E-state index in [2.05, 4.69) is 19.6 Å². The van der Waals surface area contributed by atoms with Crippen molar-refractivity contribution < 1.29 is 19.4 Å². The Bertz CT molecular complexity index is 201. The van der Waals surface area contributed by atoms with Crippen molar-refractivity contribution in [3.8, 4) is 0 Å². The van der Waals surface area contributed by atoms with E-state index in [0.29, 0.717) is 13.0 Å². The van der Waals surface area contributed by atoms with E-state index >= 15 is 0 Å². The Balaban J connectivity index is 3.48. The van der Waals surface area contributed by atoms with Crippen LogP contribution in [-0.2, 0) is 14.3 Å². The van der Waals surface area contributed by atoms with Gasteiger partial charge in [-0.3, -0.25) is 0 Å². The Labute approximate surface area is 99.0 Å². The zero-order chi connectivity index (χ0) is 12.6. The molecule has 0 bridgehead atoms. The summed E-state index contributed by atoms with van der Waals surface area (Å²) in [5, 5.41) is 9.28. The highest BCUT2D eigenvalue weighted by atomic mass is 28.3. The van der Waals surface area contributed by atoms with Gasteiger partial charge < -0.3 is 14.6 Å². The van der Waals surface area contributed by atoms with E-state index in [1.54, 1.807) is 0 Å². The van der Waals surface area contributed by atoms with Crippen LogP contribution in [0, 0.1) is 0 Å². The third-order valence-electron chi connectivity index (χ3n) is 2.12. The molecular formula is C11H24O4Si. The van der Waals surface area contributed by atoms with Crippen LogP contribution in [0.25, 0.3) is 0 Å². The van der Waals surface area contributed by atoms with Crippen molar-refractivity contribution in [3.63, 3.8) is 0 Å². The van der Waals surface area contributed by atoms with Gasteiger partial charge in [0.15, 0.2) is 12.9 Å². The summed E-state index contributed by atoms with van der Waals surface area (Å²) < 4.78 is 9.96. The molecule has 0 aliphatic rings. The second-order valence-corrected chi connectivity index (χ2v) is 10.7. The lowest BCUT2D eigenvalue weighted by molar-refractivity contribution is -0.166. The molecule has 0 saturated carbocycles. The van der Waals surface area contributed by atoms with Gasteiger partial charge in [0, 0.05) is 14.7 Å². The molecule has 0 aliphatic heterocycles. The van der Waals surface area contributed by atoms with Crippen molar-refractivity contribution in [2.45, 2.75) is 51.6 Å². The van der Waals surface area contributed by atoms with Gasteiger partial charge in [0.05, 0.1) is 0 Å². The summed E-state index contributed by atoms with van der Waals surface area (Å²) in [5.41, 5.74) is 0. The Hall–Kier alpha value is -0.393. The summed E-state index contributed by atoms with van der Waals surface area (Å²) in [4.78, 5) is 11.1. The second-order valence-electron chi connectivity index (χ2n) is 5.10. The monoisotopic (exact) mass is 248 g/mol. The lowest BCUT2D eigenvalue weighted by Gasteiger charge is -2.15. The van der Waals surface area contributed by atoms with Crippen LogP contribution in [0.5, 0.6) is 0 Å². The molecule has 5 heteroatoms. The first kappa shape index (κ1) is 15.6. The number of rotatable bonds is 8. The second kappa shape index (κ2) is 7.81. The molecule has 0 radical (unpaired) electrons. The van der Waals surface area contributed by atoms with Gasteiger partial charge >= 0.3 is 5.97 Å². The van der Waals surface area contributed by atoms with Crippen molar-refractivity contribution in [1.82, 2.24) is 0 Å². The van der Waals surface area contributed by atoms with Crippen molar-refractivity contribution in [2.75, 3.05) is 13.4 Å². The van der Waals surface area contributed by atoms with Crippen LogP contribution in [0.1, 0.15) is 19.8 Å². The Morgan fingerprint density at radius 1 is 1.38 bits per heavy atom. The third kappa shape index (κ3) is 8.88. The molecule has 0 amide bonds. The molecule has 4 nitrogen and oxygen atoms in total. The number of carbonyl (C=O) groups is 1. The molecule has 16 heavy (non-hydrogen) atoms. The molecule has 0 aliphatic carbocycles. The van der Waals surface area contributed by atoms with Crippen LogP contribution >= 0.6 is 0 Å². The highest BCUT2D eigenvalue weighted by molar-refractivity contribution is 6.76. The van der Waals surface area contributed by atoms with Crippen LogP contribution in [0.4, 0.5) is 0 Å². The van der Waals surface area contributed by atoms with Crippen molar-refractivity contribution in [2.24, 2.45) is 0 Å². The van der Waals surface area contributed by atoms with Crippen molar-refractivity contribution in [1.29, 1.82) is 0 Å². The van der Waals surface area contributed by atoms with Gasteiger partial charge in [-0.15, -0.1) is 0 Å². The molecule has 96 valence electrons. The summed E-state index contributed by atoms with van der Waals surface area (Å²) in [5.74, 6) is -0.588. The molecule has 0 rings (SSSR count). The SMILES string of the molecule is CCC[C@H](O)C(=O)OCOCC[Si](C)(C)C. The molecule has 1 atom stereocenters. The van der Waals surface area contributed by atoms with Gasteiger partial charge in [0.25, 0.3) is 0 Å². The van der Waals surface area contributed by atoms with E-state index < -0.39 is 20.1 Å². The summed E-state index contributed by atoms with van der Waals surface area (Å²) in [6.45, 7) is 9.24. The van der Waals surface area contributed by atoms with Crippen molar-refractivity contribution in [3.05, 3.63) is 0 Å². The maximum atomic E-state index is 11.1. The van der Waals surface area contributed by atoms with E-state index in [-0.39, 0.29) is 6.79 Å². The van der Waals surface area contributed by atoms with E-state index in [1.807, 2.05) is 6.92 Å². The van der Waals surface area contributed by atoms with Gasteiger partial charge in [-0.05, 0) is 12.5 Å². The smallest absolute Gasteiger partial charge is 0.337 e. The quantitative estimate of drug-likeness (QED) is 0.309. The Morgan fingerprint density at radius 2 is 2.00 bits per heavy atom. The molecule has 0 aromatic rings. The summed E-state index contributed by atoms with van der Waals surface area (Å²) in [7, 11) is -1.08. The lowest BCUT2D eigenvalue weighted by Crippen LogP contribution is -2.25. The van der Waals surface area contributed by atoms with Crippen molar-refractivity contribution >= 4 is 14.0 Å². The van der Waals surface area contributed by atoms with E-state index in [9.17, 15) is 9.90 Å². The molecule has 0 spiro atoms. The average molecular weight is 248 g/mol. The Morgan fingerprint density at radius 3 is 2.50 bits per heavy atom. The zero-order valence-electron chi connectivity index (χ0n) is 10.8. The number of hydrogen-bond acceptors (Lipinski definition) is 4. The molecule has 0 aromatic heterocycles. The standard InChI is InChI=1S/C11H24O4Si/c1-5-6-10(12)11(13)15-9-14-7-8-16(2,3)4/h10,12H,5-9H2,1-4H3/t10-/m0/s1. The van der Waals surface area contributed by atoms with Gasteiger partial charge in [0.2, 0.25) is 0 Å². The molecule has 1 N–H and O–H groups in total.